The SMILES string of the molecule is C.CCOC(=O)c1ccc(NC(=O)NCc2ccn[nH]2)cc1.CCOC(=O)c1ccc(NC(=O)Oc2ccccc2)cc1.NCc1ccn[nH]1. The molecule has 0 aliphatic heterocycles. The molecule has 0 bridgehead atoms. The van der Waals surface area contributed by atoms with Crippen LogP contribution in [0, 0.1) is 0 Å². The number of hydrogen-bond donors (Lipinski definition) is 6. The van der Waals surface area contributed by atoms with Crippen LogP contribution < -0.4 is 26.4 Å². The fraction of sp³-hybridized carbons (Fsp3) is 0.200. The van der Waals surface area contributed by atoms with E-state index in [-0.39, 0.29) is 19.4 Å². The number of urea groups is 1. The van der Waals surface area contributed by atoms with Gasteiger partial charge in [-0.05, 0) is 86.6 Å². The lowest BCUT2D eigenvalue weighted by Gasteiger charge is -2.07. The summed E-state index contributed by atoms with van der Waals surface area (Å²) in [6, 6.07) is 24.9. The van der Waals surface area contributed by atoms with Gasteiger partial charge in [0.25, 0.3) is 0 Å². The number of hydrogen-bond acceptors (Lipinski definition) is 10. The third-order valence-corrected chi connectivity index (χ3v) is 6.03. The first-order chi connectivity index (χ1) is 23.8. The van der Waals surface area contributed by atoms with E-state index in [1.165, 1.54) is 0 Å². The fourth-order valence-corrected chi connectivity index (χ4v) is 3.68. The van der Waals surface area contributed by atoms with Gasteiger partial charge in [-0.15, -0.1) is 0 Å². The van der Waals surface area contributed by atoms with Gasteiger partial charge in [-0.2, -0.15) is 10.2 Å². The lowest BCUT2D eigenvalue weighted by atomic mass is 10.2. The van der Waals surface area contributed by atoms with Gasteiger partial charge in [-0.25, -0.2) is 19.2 Å². The Morgan fingerprint density at radius 1 is 0.680 bits per heavy atom. The predicted octanol–water partition coefficient (Wildman–Crippen LogP) is 5.89. The minimum atomic E-state index is -0.593. The number of aromatic nitrogens is 4. The summed E-state index contributed by atoms with van der Waals surface area (Å²) < 4.78 is 14.9. The molecule has 2 heterocycles. The molecule has 0 atom stereocenters. The highest BCUT2D eigenvalue weighted by Crippen LogP contribution is 2.14. The molecule has 0 radical (unpaired) electrons. The molecule has 5 aromatic rings. The second-order valence-corrected chi connectivity index (χ2v) is 9.60. The minimum Gasteiger partial charge on any atom is -0.462 e. The molecule has 0 aliphatic rings. The predicted molar refractivity (Wildman–Crippen MR) is 189 cm³/mol. The monoisotopic (exact) mass is 686 g/mol. The number of ether oxygens (including phenoxy) is 3. The van der Waals surface area contributed by atoms with Crippen molar-refractivity contribution in [3.63, 3.8) is 0 Å². The van der Waals surface area contributed by atoms with Crippen molar-refractivity contribution in [3.05, 3.63) is 126 Å². The Labute approximate surface area is 289 Å². The van der Waals surface area contributed by atoms with Crippen molar-refractivity contribution < 1.29 is 33.4 Å². The number of nitrogens with one attached hydrogen (secondary N) is 5. The molecule has 15 nitrogen and oxygen atoms in total. The third kappa shape index (κ3) is 14.5. The number of para-hydroxylation sites is 1. The number of rotatable bonds is 10. The Morgan fingerprint density at radius 2 is 1.18 bits per heavy atom. The number of carbonyl (C=O) groups is 4. The van der Waals surface area contributed by atoms with Crippen molar-refractivity contribution in [1.29, 1.82) is 0 Å². The van der Waals surface area contributed by atoms with Gasteiger partial charge in [0.15, 0.2) is 0 Å². The molecule has 2 aromatic heterocycles. The standard InChI is InChI=1S/C16H15NO4.C14H16N4O3.C4H7N3.CH4/c1-2-20-15(18)12-8-10-13(11-9-12)17-16(19)21-14-6-4-3-5-7-14;1-2-21-13(19)10-3-5-11(6-4-10)17-14(20)15-9-12-7-8-16-18-12;5-3-4-1-2-6-7-4;/h3-11H,2H2,1H3,(H,17,19);3-8H,2,9H2,1H3,(H,16,18)(H2,15,17,20);1-2H,3,5H2,(H,6,7);1H4. The van der Waals surface area contributed by atoms with E-state index < -0.39 is 12.1 Å². The minimum absolute atomic E-state index is 0. The summed E-state index contributed by atoms with van der Waals surface area (Å²) in [5, 5.41) is 20.8. The van der Waals surface area contributed by atoms with Crippen molar-refractivity contribution >= 4 is 35.4 Å². The zero-order valence-corrected chi connectivity index (χ0v) is 27.0. The van der Waals surface area contributed by atoms with Crippen LogP contribution in [0.3, 0.4) is 0 Å². The fourth-order valence-electron chi connectivity index (χ4n) is 3.68. The van der Waals surface area contributed by atoms with E-state index >= 15 is 0 Å². The molecule has 0 saturated carbocycles. The van der Waals surface area contributed by atoms with Crippen LogP contribution in [0.25, 0.3) is 0 Å². The zero-order valence-electron chi connectivity index (χ0n) is 27.0. The van der Waals surface area contributed by atoms with E-state index in [4.69, 9.17) is 19.9 Å². The molecule has 264 valence electrons. The summed E-state index contributed by atoms with van der Waals surface area (Å²) in [7, 11) is 0. The summed E-state index contributed by atoms with van der Waals surface area (Å²) in [6.07, 6.45) is 2.70. The number of aromatic amines is 2. The van der Waals surface area contributed by atoms with Gasteiger partial charge in [0, 0.05) is 36.0 Å². The van der Waals surface area contributed by atoms with Gasteiger partial charge in [0.05, 0.1) is 36.6 Å². The van der Waals surface area contributed by atoms with Gasteiger partial charge >= 0.3 is 24.1 Å². The topological polar surface area (TPSA) is 215 Å². The quantitative estimate of drug-likeness (QED) is 0.0958. The van der Waals surface area contributed by atoms with E-state index in [2.05, 4.69) is 36.3 Å². The second kappa shape index (κ2) is 22.2. The normalized spacial score (nSPS) is 9.58. The van der Waals surface area contributed by atoms with Crippen LogP contribution in [0.15, 0.2) is 103 Å². The Morgan fingerprint density at radius 3 is 1.62 bits per heavy atom. The Bertz CT molecular complexity index is 1700. The lowest BCUT2D eigenvalue weighted by Crippen LogP contribution is -2.28. The molecule has 0 saturated heterocycles. The summed E-state index contributed by atoms with van der Waals surface area (Å²) in [5.74, 6) is -0.318. The number of esters is 2. The van der Waals surface area contributed by atoms with Crippen LogP contribution >= 0.6 is 0 Å². The average molecular weight is 687 g/mol. The molecule has 7 N–H and O–H groups in total. The smallest absolute Gasteiger partial charge is 0.417 e. The van der Waals surface area contributed by atoms with Gasteiger partial charge in [-0.3, -0.25) is 15.5 Å². The van der Waals surface area contributed by atoms with E-state index in [0.29, 0.717) is 54.6 Å². The summed E-state index contributed by atoms with van der Waals surface area (Å²) >= 11 is 0. The number of nitrogens with zero attached hydrogens (tertiary/aromatic N) is 2. The van der Waals surface area contributed by atoms with Gasteiger partial charge < -0.3 is 30.6 Å². The molecule has 3 aromatic carbocycles. The van der Waals surface area contributed by atoms with E-state index in [9.17, 15) is 19.2 Å². The van der Waals surface area contributed by atoms with Crippen LogP contribution in [0.5, 0.6) is 5.75 Å². The largest absolute Gasteiger partial charge is 0.462 e. The van der Waals surface area contributed by atoms with Crippen LogP contribution in [0.2, 0.25) is 0 Å². The van der Waals surface area contributed by atoms with Crippen molar-refractivity contribution in [2.24, 2.45) is 5.73 Å². The van der Waals surface area contributed by atoms with E-state index in [0.717, 1.165) is 11.4 Å². The van der Waals surface area contributed by atoms with Crippen molar-refractivity contribution in [2.75, 3.05) is 23.8 Å². The molecule has 50 heavy (non-hydrogen) atoms. The molecule has 3 amide bonds. The van der Waals surface area contributed by atoms with Crippen molar-refractivity contribution in [1.82, 2.24) is 25.7 Å². The summed E-state index contributed by atoms with van der Waals surface area (Å²) in [4.78, 5) is 46.3. The van der Waals surface area contributed by atoms with Gasteiger partial charge in [0.1, 0.15) is 5.75 Å². The van der Waals surface area contributed by atoms with Crippen molar-refractivity contribution in [3.8, 4) is 5.75 Å². The Kier molecular flexibility index (Phi) is 17.6. The van der Waals surface area contributed by atoms with Crippen LogP contribution in [0.4, 0.5) is 21.0 Å². The molecule has 15 heteroatoms. The van der Waals surface area contributed by atoms with Crippen LogP contribution in [-0.4, -0.2) is 57.7 Å². The van der Waals surface area contributed by atoms with Crippen LogP contribution in [0.1, 0.15) is 53.4 Å². The first-order valence-corrected chi connectivity index (χ1v) is 15.1. The third-order valence-electron chi connectivity index (χ3n) is 6.03. The van der Waals surface area contributed by atoms with Crippen LogP contribution in [-0.2, 0) is 22.6 Å². The maximum Gasteiger partial charge on any atom is 0.417 e. The molecule has 0 unspecified atom stereocenters. The molecule has 0 spiro atoms. The van der Waals surface area contributed by atoms with Gasteiger partial charge in [-0.1, -0.05) is 25.6 Å². The maximum atomic E-state index is 11.7. The zero-order chi connectivity index (χ0) is 35.3. The highest BCUT2D eigenvalue weighted by Gasteiger charge is 2.09. The number of amides is 3. The summed E-state index contributed by atoms with van der Waals surface area (Å²) in [5.41, 5.74) is 9.00. The average Bonchev–Trinajstić information content (AvgIpc) is 3.85. The maximum absolute atomic E-state index is 11.7. The van der Waals surface area contributed by atoms with E-state index in [1.807, 2.05) is 12.1 Å². The molecule has 0 fully saturated rings. The summed E-state index contributed by atoms with van der Waals surface area (Å²) in [6.45, 7) is 5.04. The first-order valence-electron chi connectivity index (χ1n) is 15.1. The lowest BCUT2D eigenvalue weighted by molar-refractivity contribution is 0.0517. The Hall–Kier alpha value is -6.48. The van der Waals surface area contributed by atoms with Crippen molar-refractivity contribution in [2.45, 2.75) is 34.4 Å². The molecule has 5 rings (SSSR count). The van der Waals surface area contributed by atoms with E-state index in [1.54, 1.807) is 105 Å². The molecule has 0 aliphatic carbocycles. The number of nitrogens with two attached hydrogens (primary N) is 1. The number of benzene rings is 3. The molecular weight excluding hydrogens is 644 g/mol. The highest BCUT2D eigenvalue weighted by atomic mass is 16.6. The number of H-pyrrole nitrogens is 2. The highest BCUT2D eigenvalue weighted by molar-refractivity contribution is 5.92. The molecular formula is C35H42N8O7. The second-order valence-electron chi connectivity index (χ2n) is 9.60. The Balaban J connectivity index is 0.000000286. The number of anilines is 2. The number of carbonyl (C=O) groups excluding carboxylic acids is 4. The van der Waals surface area contributed by atoms with Gasteiger partial charge in [0.2, 0.25) is 0 Å². The first kappa shape index (κ1) is 39.7.